The second kappa shape index (κ2) is 5.91. The van der Waals surface area contributed by atoms with E-state index in [1.165, 1.54) is 6.42 Å². The first kappa shape index (κ1) is 16.2. The summed E-state index contributed by atoms with van der Waals surface area (Å²) >= 11 is 0. The maximum Gasteiger partial charge on any atom is 0.0724 e. The van der Waals surface area contributed by atoms with Gasteiger partial charge in [-0.3, -0.25) is 4.90 Å². The number of nitrogens with zero attached hydrogens (tertiary/aromatic N) is 1. The van der Waals surface area contributed by atoms with E-state index in [2.05, 4.69) is 32.6 Å². The predicted molar refractivity (Wildman–Crippen MR) is 81.7 cm³/mol. The molecule has 0 aromatic rings. The van der Waals surface area contributed by atoms with E-state index >= 15 is 0 Å². The van der Waals surface area contributed by atoms with Gasteiger partial charge in [-0.15, -0.1) is 0 Å². The molecule has 20 heavy (non-hydrogen) atoms. The zero-order valence-corrected chi connectivity index (χ0v) is 13.8. The lowest BCUT2D eigenvalue weighted by molar-refractivity contribution is -0.160. The molecule has 0 aromatic carbocycles. The monoisotopic (exact) mass is 284 g/mol. The van der Waals surface area contributed by atoms with Gasteiger partial charge in [0.25, 0.3) is 0 Å². The first-order valence-electron chi connectivity index (χ1n) is 7.99. The van der Waals surface area contributed by atoms with Crippen LogP contribution in [0, 0.1) is 11.3 Å². The van der Waals surface area contributed by atoms with Crippen LogP contribution in [0.2, 0.25) is 0 Å². The van der Waals surface area contributed by atoms with Crippen LogP contribution in [0.15, 0.2) is 0 Å². The van der Waals surface area contributed by atoms with Crippen molar-refractivity contribution in [3.05, 3.63) is 0 Å². The number of piperidine rings is 1. The van der Waals surface area contributed by atoms with Crippen molar-refractivity contribution in [2.24, 2.45) is 17.1 Å². The van der Waals surface area contributed by atoms with Gasteiger partial charge < -0.3 is 15.2 Å². The first-order valence-corrected chi connectivity index (χ1v) is 7.99. The highest BCUT2D eigenvalue weighted by atomic mass is 16.5. The lowest BCUT2D eigenvalue weighted by Gasteiger charge is -2.61. The van der Waals surface area contributed by atoms with E-state index in [4.69, 9.17) is 15.2 Å². The molecule has 2 aliphatic rings. The van der Waals surface area contributed by atoms with Crippen LogP contribution in [0.25, 0.3) is 0 Å². The smallest absolute Gasteiger partial charge is 0.0724 e. The van der Waals surface area contributed by atoms with E-state index in [9.17, 15) is 0 Å². The molecule has 0 spiro atoms. The fraction of sp³-hybridized carbons (Fsp3) is 1.00. The molecule has 0 aromatic heterocycles. The van der Waals surface area contributed by atoms with E-state index in [1.807, 2.05) is 7.11 Å². The molecule has 118 valence electrons. The predicted octanol–water partition coefficient (Wildman–Crippen LogP) is 1.88. The van der Waals surface area contributed by atoms with Crippen molar-refractivity contribution in [1.29, 1.82) is 0 Å². The summed E-state index contributed by atoms with van der Waals surface area (Å²) < 4.78 is 11.4. The molecule has 1 saturated carbocycles. The van der Waals surface area contributed by atoms with Crippen molar-refractivity contribution in [2.45, 2.75) is 58.3 Å². The molecule has 1 aliphatic carbocycles. The number of rotatable bonds is 5. The normalized spacial score (nSPS) is 41.4. The van der Waals surface area contributed by atoms with Crippen LogP contribution >= 0.6 is 0 Å². The minimum Gasteiger partial charge on any atom is -0.380 e. The standard InChI is InChI=1S/C16H32N2O2/c1-6-20-14-9-16(17,15(14,3)4)11-18-8-7-12(2)13(10-18)19-5/h12-14H,6-11,17H2,1-5H3. The van der Waals surface area contributed by atoms with Crippen molar-refractivity contribution in [3.63, 3.8) is 0 Å². The van der Waals surface area contributed by atoms with E-state index in [0.717, 1.165) is 32.7 Å². The molecule has 4 nitrogen and oxygen atoms in total. The number of hydrogen-bond acceptors (Lipinski definition) is 4. The fourth-order valence-electron chi connectivity index (χ4n) is 3.72. The van der Waals surface area contributed by atoms with E-state index in [1.54, 1.807) is 0 Å². The van der Waals surface area contributed by atoms with Crippen LogP contribution in [0.1, 0.15) is 40.5 Å². The summed E-state index contributed by atoms with van der Waals surface area (Å²) in [5.41, 5.74) is 6.61. The largest absolute Gasteiger partial charge is 0.380 e. The third kappa shape index (κ3) is 2.76. The molecule has 2 fully saturated rings. The number of ether oxygens (including phenoxy) is 2. The molecule has 1 aliphatic heterocycles. The zero-order valence-electron chi connectivity index (χ0n) is 13.8. The van der Waals surface area contributed by atoms with Crippen molar-refractivity contribution in [2.75, 3.05) is 33.4 Å². The Morgan fingerprint density at radius 2 is 2.05 bits per heavy atom. The third-order valence-corrected chi connectivity index (χ3v) is 5.79. The number of hydrogen-bond donors (Lipinski definition) is 1. The molecule has 4 unspecified atom stereocenters. The van der Waals surface area contributed by atoms with E-state index in [0.29, 0.717) is 18.1 Å². The van der Waals surface area contributed by atoms with Gasteiger partial charge in [0.15, 0.2) is 0 Å². The molecule has 1 heterocycles. The van der Waals surface area contributed by atoms with E-state index in [-0.39, 0.29) is 11.0 Å². The Hall–Kier alpha value is -0.160. The molecular weight excluding hydrogens is 252 g/mol. The van der Waals surface area contributed by atoms with Gasteiger partial charge in [0, 0.05) is 37.8 Å². The number of likely N-dealkylation sites (tertiary alicyclic amines) is 1. The average Bonchev–Trinajstić information content (AvgIpc) is 2.40. The Bertz CT molecular complexity index is 334. The quantitative estimate of drug-likeness (QED) is 0.837. The Kier molecular flexibility index (Phi) is 4.80. The summed E-state index contributed by atoms with van der Waals surface area (Å²) in [6.45, 7) is 12.7. The van der Waals surface area contributed by atoms with Gasteiger partial charge in [-0.1, -0.05) is 20.8 Å². The summed E-state index contributed by atoms with van der Waals surface area (Å²) in [7, 11) is 1.82. The van der Waals surface area contributed by atoms with Crippen molar-refractivity contribution in [1.82, 2.24) is 4.90 Å². The maximum atomic E-state index is 6.69. The average molecular weight is 284 g/mol. The highest BCUT2D eigenvalue weighted by Crippen LogP contribution is 2.50. The molecule has 1 saturated heterocycles. The molecule has 0 radical (unpaired) electrons. The lowest BCUT2D eigenvalue weighted by Crippen LogP contribution is -2.74. The summed E-state index contributed by atoms with van der Waals surface area (Å²) in [6, 6.07) is 0. The van der Waals surface area contributed by atoms with Crippen LogP contribution in [0.4, 0.5) is 0 Å². The Morgan fingerprint density at radius 1 is 1.35 bits per heavy atom. The Balaban J connectivity index is 1.93. The second-order valence-corrected chi connectivity index (χ2v) is 7.30. The van der Waals surface area contributed by atoms with Gasteiger partial charge in [0.2, 0.25) is 0 Å². The molecule has 4 atom stereocenters. The zero-order chi connectivity index (χ0) is 15.0. The van der Waals surface area contributed by atoms with Crippen molar-refractivity contribution < 1.29 is 9.47 Å². The molecule has 2 N–H and O–H groups in total. The van der Waals surface area contributed by atoms with Crippen LogP contribution in [0.3, 0.4) is 0 Å². The van der Waals surface area contributed by atoms with Crippen LogP contribution < -0.4 is 5.73 Å². The Labute approximate surface area is 124 Å². The number of methoxy groups -OCH3 is 1. The SMILES string of the molecule is CCOC1CC(N)(CN2CCC(C)C(OC)C2)C1(C)C. The molecule has 0 bridgehead atoms. The third-order valence-electron chi connectivity index (χ3n) is 5.79. The topological polar surface area (TPSA) is 47.7 Å². The highest BCUT2D eigenvalue weighted by Gasteiger charge is 2.58. The molecular formula is C16H32N2O2. The van der Waals surface area contributed by atoms with Gasteiger partial charge in [-0.05, 0) is 32.2 Å². The van der Waals surface area contributed by atoms with Crippen LogP contribution in [0.5, 0.6) is 0 Å². The van der Waals surface area contributed by atoms with Crippen molar-refractivity contribution in [3.8, 4) is 0 Å². The van der Waals surface area contributed by atoms with E-state index < -0.39 is 0 Å². The van der Waals surface area contributed by atoms with Crippen LogP contribution in [-0.2, 0) is 9.47 Å². The summed E-state index contributed by atoms with van der Waals surface area (Å²) in [5.74, 6) is 0.649. The summed E-state index contributed by atoms with van der Waals surface area (Å²) in [5, 5.41) is 0. The summed E-state index contributed by atoms with van der Waals surface area (Å²) in [4.78, 5) is 2.48. The van der Waals surface area contributed by atoms with Gasteiger partial charge in [0.1, 0.15) is 0 Å². The minimum atomic E-state index is -0.133. The highest BCUT2D eigenvalue weighted by molar-refractivity contribution is 5.15. The van der Waals surface area contributed by atoms with Crippen LogP contribution in [-0.4, -0.2) is 56.0 Å². The van der Waals surface area contributed by atoms with Gasteiger partial charge in [-0.25, -0.2) is 0 Å². The minimum absolute atomic E-state index is 0.0502. The van der Waals surface area contributed by atoms with Gasteiger partial charge in [-0.2, -0.15) is 0 Å². The summed E-state index contributed by atoms with van der Waals surface area (Å²) in [6.07, 6.45) is 2.82. The van der Waals surface area contributed by atoms with Gasteiger partial charge in [0.05, 0.1) is 12.2 Å². The molecule has 2 rings (SSSR count). The Morgan fingerprint density at radius 3 is 2.60 bits per heavy atom. The first-order chi connectivity index (χ1) is 9.34. The molecule has 0 amide bonds. The van der Waals surface area contributed by atoms with Crippen molar-refractivity contribution >= 4 is 0 Å². The lowest BCUT2D eigenvalue weighted by atomic mass is 9.54. The maximum absolute atomic E-state index is 6.69. The molecule has 4 heteroatoms. The number of nitrogens with two attached hydrogens (primary N) is 1. The second-order valence-electron chi connectivity index (χ2n) is 7.30. The van der Waals surface area contributed by atoms with Gasteiger partial charge >= 0.3 is 0 Å². The fourth-order valence-corrected chi connectivity index (χ4v) is 3.72.